The van der Waals surface area contributed by atoms with E-state index in [0.717, 1.165) is 19.4 Å². The second-order valence-corrected chi connectivity index (χ2v) is 2.66. The molecule has 0 aromatic rings. The van der Waals surface area contributed by atoms with Gasteiger partial charge in [-0.1, -0.05) is 6.92 Å². The fourth-order valence-corrected chi connectivity index (χ4v) is 1.44. The van der Waals surface area contributed by atoms with Crippen LogP contribution in [0.1, 0.15) is 26.2 Å². The van der Waals surface area contributed by atoms with E-state index in [4.69, 9.17) is 0 Å². The molecule has 1 aliphatic rings. The maximum absolute atomic E-state index is 9.26. The zero-order valence-electron chi connectivity index (χ0n) is 5.93. The van der Waals surface area contributed by atoms with Gasteiger partial charge in [0.05, 0.1) is 6.10 Å². The molecule has 0 aromatic carbocycles. The monoisotopic (exact) mass is 129 g/mol. The van der Waals surface area contributed by atoms with Crippen LogP contribution in [-0.2, 0) is 0 Å². The fraction of sp³-hybridized carbons (Fsp3) is 1.00. The third-order valence-electron chi connectivity index (χ3n) is 1.95. The summed E-state index contributed by atoms with van der Waals surface area (Å²) in [7, 11) is 0. The topological polar surface area (TPSA) is 32.3 Å². The maximum Gasteiger partial charge on any atom is 0.0693 e. The summed E-state index contributed by atoms with van der Waals surface area (Å²) in [5.41, 5.74) is 0. The molecule has 0 aromatic heterocycles. The number of likely N-dealkylation sites (N-methyl/N-ethyl adjacent to an activating group) is 1. The van der Waals surface area contributed by atoms with Gasteiger partial charge in [-0.25, -0.2) is 0 Å². The minimum Gasteiger partial charge on any atom is -0.392 e. The minimum absolute atomic E-state index is 0.0788. The van der Waals surface area contributed by atoms with E-state index in [1.165, 1.54) is 6.42 Å². The smallest absolute Gasteiger partial charge is 0.0693 e. The Morgan fingerprint density at radius 2 is 2.33 bits per heavy atom. The summed E-state index contributed by atoms with van der Waals surface area (Å²) in [5, 5.41) is 12.5. The lowest BCUT2D eigenvalue weighted by molar-refractivity contribution is 0.150. The SMILES string of the molecule is CCN[C@@H]1CCC[C@H]1O. The summed E-state index contributed by atoms with van der Waals surface area (Å²) < 4.78 is 0. The average molecular weight is 129 g/mol. The number of hydrogen-bond acceptors (Lipinski definition) is 2. The van der Waals surface area contributed by atoms with E-state index in [0.29, 0.717) is 6.04 Å². The largest absolute Gasteiger partial charge is 0.392 e. The Morgan fingerprint density at radius 1 is 1.56 bits per heavy atom. The second-order valence-electron chi connectivity index (χ2n) is 2.66. The van der Waals surface area contributed by atoms with E-state index >= 15 is 0 Å². The lowest BCUT2D eigenvalue weighted by Gasteiger charge is -2.13. The molecule has 2 nitrogen and oxygen atoms in total. The van der Waals surface area contributed by atoms with Gasteiger partial charge in [0.1, 0.15) is 0 Å². The molecule has 0 saturated heterocycles. The number of hydrogen-bond donors (Lipinski definition) is 2. The van der Waals surface area contributed by atoms with Crippen LogP contribution < -0.4 is 5.32 Å². The number of nitrogens with one attached hydrogen (secondary N) is 1. The van der Waals surface area contributed by atoms with Crippen LogP contribution >= 0.6 is 0 Å². The van der Waals surface area contributed by atoms with Gasteiger partial charge in [-0.3, -0.25) is 0 Å². The second kappa shape index (κ2) is 3.18. The highest BCUT2D eigenvalue weighted by Crippen LogP contribution is 2.18. The van der Waals surface area contributed by atoms with Crippen molar-refractivity contribution in [2.45, 2.75) is 38.3 Å². The summed E-state index contributed by atoms with van der Waals surface area (Å²) in [6, 6.07) is 0.384. The molecule has 0 heterocycles. The Morgan fingerprint density at radius 3 is 2.78 bits per heavy atom. The first-order valence-electron chi connectivity index (χ1n) is 3.76. The zero-order valence-corrected chi connectivity index (χ0v) is 5.93. The standard InChI is InChI=1S/C7H15NO/c1-2-8-6-4-3-5-7(6)9/h6-9H,2-5H2,1H3/t6-,7-/m1/s1. The van der Waals surface area contributed by atoms with E-state index in [9.17, 15) is 5.11 Å². The predicted molar refractivity (Wildman–Crippen MR) is 37.3 cm³/mol. The first-order valence-corrected chi connectivity index (χ1v) is 3.76. The Kier molecular flexibility index (Phi) is 2.49. The molecule has 2 N–H and O–H groups in total. The summed E-state index contributed by atoms with van der Waals surface area (Å²) in [5.74, 6) is 0. The maximum atomic E-state index is 9.26. The quantitative estimate of drug-likeness (QED) is 0.569. The van der Waals surface area contributed by atoms with Crippen molar-refractivity contribution in [1.29, 1.82) is 0 Å². The van der Waals surface area contributed by atoms with Crippen LogP contribution in [0.2, 0.25) is 0 Å². The van der Waals surface area contributed by atoms with E-state index in [-0.39, 0.29) is 6.10 Å². The van der Waals surface area contributed by atoms with E-state index in [2.05, 4.69) is 12.2 Å². The molecule has 0 amide bonds. The van der Waals surface area contributed by atoms with Gasteiger partial charge in [-0.05, 0) is 25.8 Å². The summed E-state index contributed by atoms with van der Waals surface area (Å²) >= 11 is 0. The van der Waals surface area contributed by atoms with Gasteiger partial charge in [0.2, 0.25) is 0 Å². The molecule has 0 unspecified atom stereocenters. The molecule has 0 bridgehead atoms. The van der Waals surface area contributed by atoms with Crippen LogP contribution in [0.15, 0.2) is 0 Å². The van der Waals surface area contributed by atoms with Crippen LogP contribution in [-0.4, -0.2) is 23.8 Å². The highest BCUT2D eigenvalue weighted by Gasteiger charge is 2.23. The molecule has 54 valence electrons. The van der Waals surface area contributed by atoms with Crippen molar-refractivity contribution in [3.63, 3.8) is 0 Å². The molecule has 2 heteroatoms. The normalized spacial score (nSPS) is 35.3. The molecular formula is C7H15NO. The van der Waals surface area contributed by atoms with Gasteiger partial charge < -0.3 is 10.4 Å². The summed E-state index contributed by atoms with van der Waals surface area (Å²) in [4.78, 5) is 0. The van der Waals surface area contributed by atoms with Gasteiger partial charge in [0.15, 0.2) is 0 Å². The van der Waals surface area contributed by atoms with Crippen molar-refractivity contribution in [2.75, 3.05) is 6.54 Å². The molecule has 0 radical (unpaired) electrons. The Balaban J connectivity index is 2.22. The molecular weight excluding hydrogens is 114 g/mol. The molecule has 1 fully saturated rings. The van der Waals surface area contributed by atoms with Crippen molar-refractivity contribution in [1.82, 2.24) is 5.32 Å². The van der Waals surface area contributed by atoms with Crippen molar-refractivity contribution in [2.24, 2.45) is 0 Å². The third-order valence-corrected chi connectivity index (χ3v) is 1.95. The van der Waals surface area contributed by atoms with Crippen molar-refractivity contribution >= 4 is 0 Å². The van der Waals surface area contributed by atoms with Crippen molar-refractivity contribution < 1.29 is 5.11 Å². The molecule has 1 saturated carbocycles. The van der Waals surface area contributed by atoms with Gasteiger partial charge in [-0.2, -0.15) is 0 Å². The first-order chi connectivity index (χ1) is 4.34. The Labute approximate surface area is 56.3 Å². The number of aliphatic hydroxyl groups is 1. The van der Waals surface area contributed by atoms with Gasteiger partial charge >= 0.3 is 0 Å². The van der Waals surface area contributed by atoms with Crippen LogP contribution in [0, 0.1) is 0 Å². The van der Waals surface area contributed by atoms with Crippen LogP contribution in [0.3, 0.4) is 0 Å². The lowest BCUT2D eigenvalue weighted by Crippen LogP contribution is -2.35. The number of rotatable bonds is 2. The van der Waals surface area contributed by atoms with Crippen molar-refractivity contribution in [3.05, 3.63) is 0 Å². The number of aliphatic hydroxyl groups excluding tert-OH is 1. The highest BCUT2D eigenvalue weighted by molar-refractivity contribution is 4.81. The highest BCUT2D eigenvalue weighted by atomic mass is 16.3. The minimum atomic E-state index is -0.0788. The van der Waals surface area contributed by atoms with Gasteiger partial charge in [-0.15, -0.1) is 0 Å². The van der Waals surface area contributed by atoms with E-state index in [1.54, 1.807) is 0 Å². The van der Waals surface area contributed by atoms with Crippen LogP contribution in [0.25, 0.3) is 0 Å². The fourth-order valence-electron chi connectivity index (χ4n) is 1.44. The first kappa shape index (κ1) is 7.03. The Bertz CT molecular complexity index is 85.0. The molecule has 0 aliphatic heterocycles. The predicted octanol–water partition coefficient (Wildman–Crippen LogP) is 0.509. The molecule has 2 atom stereocenters. The van der Waals surface area contributed by atoms with Crippen LogP contribution in [0.5, 0.6) is 0 Å². The molecule has 0 spiro atoms. The van der Waals surface area contributed by atoms with Crippen molar-refractivity contribution in [3.8, 4) is 0 Å². The zero-order chi connectivity index (χ0) is 6.69. The molecule has 9 heavy (non-hydrogen) atoms. The lowest BCUT2D eigenvalue weighted by atomic mass is 10.2. The molecule has 1 aliphatic carbocycles. The van der Waals surface area contributed by atoms with Gasteiger partial charge in [0, 0.05) is 6.04 Å². The molecule has 1 rings (SSSR count). The van der Waals surface area contributed by atoms with Gasteiger partial charge in [0.25, 0.3) is 0 Å². The summed E-state index contributed by atoms with van der Waals surface area (Å²) in [6.45, 7) is 3.05. The third kappa shape index (κ3) is 1.66. The van der Waals surface area contributed by atoms with E-state index in [1.807, 2.05) is 0 Å². The summed E-state index contributed by atoms with van der Waals surface area (Å²) in [6.07, 6.45) is 3.23. The van der Waals surface area contributed by atoms with E-state index < -0.39 is 0 Å². The average Bonchev–Trinajstić information content (AvgIpc) is 2.18. The Hall–Kier alpha value is -0.0800. The van der Waals surface area contributed by atoms with Crippen LogP contribution in [0.4, 0.5) is 0 Å².